The molecule has 0 aromatic heterocycles. The molecule has 1 saturated carbocycles. The van der Waals surface area contributed by atoms with E-state index in [2.05, 4.69) is 56.4 Å². The van der Waals surface area contributed by atoms with Gasteiger partial charge in [0.15, 0.2) is 0 Å². The third-order valence-corrected chi connectivity index (χ3v) is 4.10. The fourth-order valence-corrected chi connectivity index (χ4v) is 2.97. The van der Waals surface area contributed by atoms with Gasteiger partial charge in [0, 0.05) is 12.1 Å². The minimum atomic E-state index is -0.0807. The minimum Gasteiger partial charge on any atom is -0.393 e. The van der Waals surface area contributed by atoms with Crippen molar-refractivity contribution in [3.63, 3.8) is 0 Å². The fourth-order valence-electron chi connectivity index (χ4n) is 2.97. The van der Waals surface area contributed by atoms with Crippen LogP contribution >= 0.6 is 0 Å². The zero-order valence-electron chi connectivity index (χ0n) is 12.4. The summed E-state index contributed by atoms with van der Waals surface area (Å²) in [6.07, 6.45) is 3.95. The highest BCUT2D eigenvalue weighted by Crippen LogP contribution is 2.34. The first-order chi connectivity index (χ1) is 8.97. The van der Waals surface area contributed by atoms with Crippen LogP contribution in [0.15, 0.2) is 30.3 Å². The lowest BCUT2D eigenvalue weighted by Gasteiger charge is -2.37. The number of rotatable bonds is 3. The molecular weight excluding hydrogens is 234 g/mol. The van der Waals surface area contributed by atoms with E-state index in [1.54, 1.807) is 0 Å². The standard InChI is InChI=1S/C17H27NO/c1-17(2,3)16(13-7-5-4-6-8-13)18-14-9-11-15(19)12-10-14/h4-8,14-16,18-19H,9-12H2,1-3H3. The van der Waals surface area contributed by atoms with Crippen LogP contribution in [0.25, 0.3) is 0 Å². The molecule has 2 rings (SSSR count). The van der Waals surface area contributed by atoms with E-state index in [1.807, 2.05) is 0 Å². The molecule has 1 atom stereocenters. The summed E-state index contributed by atoms with van der Waals surface area (Å²) in [6.45, 7) is 6.86. The molecular formula is C17H27NO. The molecule has 1 aromatic rings. The first kappa shape index (κ1) is 14.5. The Morgan fingerprint density at radius 1 is 1.05 bits per heavy atom. The summed E-state index contributed by atoms with van der Waals surface area (Å²) in [4.78, 5) is 0. The van der Waals surface area contributed by atoms with Crippen molar-refractivity contribution in [3.05, 3.63) is 35.9 Å². The van der Waals surface area contributed by atoms with Gasteiger partial charge in [0.25, 0.3) is 0 Å². The second kappa shape index (κ2) is 6.06. The number of aliphatic hydroxyl groups is 1. The summed E-state index contributed by atoms with van der Waals surface area (Å²) in [6, 6.07) is 11.6. The second-order valence-electron chi connectivity index (χ2n) is 6.88. The lowest BCUT2D eigenvalue weighted by atomic mass is 9.81. The molecule has 1 fully saturated rings. The van der Waals surface area contributed by atoms with Crippen molar-refractivity contribution in [1.29, 1.82) is 0 Å². The largest absolute Gasteiger partial charge is 0.393 e. The van der Waals surface area contributed by atoms with Crippen LogP contribution < -0.4 is 5.32 Å². The molecule has 0 saturated heterocycles. The lowest BCUT2D eigenvalue weighted by molar-refractivity contribution is 0.107. The van der Waals surface area contributed by atoms with Crippen molar-refractivity contribution in [2.24, 2.45) is 5.41 Å². The molecule has 0 radical (unpaired) electrons. The Morgan fingerprint density at radius 3 is 2.16 bits per heavy atom. The third-order valence-electron chi connectivity index (χ3n) is 4.10. The summed E-state index contributed by atoms with van der Waals surface area (Å²) in [5.74, 6) is 0. The molecule has 0 amide bonds. The number of nitrogens with one attached hydrogen (secondary N) is 1. The SMILES string of the molecule is CC(C)(C)C(NC1CCC(O)CC1)c1ccccc1. The van der Waals surface area contributed by atoms with Crippen molar-refractivity contribution >= 4 is 0 Å². The topological polar surface area (TPSA) is 32.3 Å². The van der Waals surface area contributed by atoms with Crippen LogP contribution in [0.5, 0.6) is 0 Å². The van der Waals surface area contributed by atoms with E-state index in [1.165, 1.54) is 5.56 Å². The van der Waals surface area contributed by atoms with Gasteiger partial charge >= 0.3 is 0 Å². The first-order valence-corrected chi connectivity index (χ1v) is 7.46. The van der Waals surface area contributed by atoms with Crippen LogP contribution in [0.2, 0.25) is 0 Å². The summed E-state index contributed by atoms with van der Waals surface area (Å²) in [5.41, 5.74) is 1.55. The molecule has 1 aliphatic carbocycles. The van der Waals surface area contributed by atoms with Crippen molar-refractivity contribution in [1.82, 2.24) is 5.32 Å². The smallest absolute Gasteiger partial charge is 0.0541 e. The van der Waals surface area contributed by atoms with Gasteiger partial charge in [-0.2, -0.15) is 0 Å². The van der Waals surface area contributed by atoms with Gasteiger partial charge in [0.05, 0.1) is 6.10 Å². The van der Waals surface area contributed by atoms with Crippen LogP contribution in [0.3, 0.4) is 0 Å². The molecule has 0 bridgehead atoms. The predicted octanol–water partition coefficient (Wildman–Crippen LogP) is 3.67. The molecule has 2 nitrogen and oxygen atoms in total. The van der Waals surface area contributed by atoms with Gasteiger partial charge in [0.2, 0.25) is 0 Å². The Hall–Kier alpha value is -0.860. The summed E-state index contributed by atoms with van der Waals surface area (Å²) < 4.78 is 0. The maximum Gasteiger partial charge on any atom is 0.0541 e. The Kier molecular flexibility index (Phi) is 4.64. The van der Waals surface area contributed by atoms with Gasteiger partial charge < -0.3 is 10.4 Å². The average Bonchev–Trinajstić information content (AvgIpc) is 2.37. The number of hydrogen-bond acceptors (Lipinski definition) is 2. The summed E-state index contributed by atoms with van der Waals surface area (Å²) in [7, 11) is 0. The van der Waals surface area contributed by atoms with E-state index in [9.17, 15) is 5.11 Å². The molecule has 1 aromatic carbocycles. The average molecular weight is 261 g/mol. The highest BCUT2D eigenvalue weighted by Gasteiger charge is 2.29. The lowest BCUT2D eigenvalue weighted by Crippen LogP contribution is -2.41. The Labute approximate surface area is 117 Å². The number of hydrogen-bond donors (Lipinski definition) is 2. The molecule has 106 valence electrons. The van der Waals surface area contributed by atoms with Crippen molar-refractivity contribution in [2.45, 2.75) is 64.6 Å². The van der Waals surface area contributed by atoms with Crippen LogP contribution in [0.1, 0.15) is 58.1 Å². The van der Waals surface area contributed by atoms with E-state index in [-0.39, 0.29) is 11.5 Å². The van der Waals surface area contributed by atoms with E-state index >= 15 is 0 Å². The molecule has 0 spiro atoms. The fraction of sp³-hybridized carbons (Fsp3) is 0.647. The van der Waals surface area contributed by atoms with Gasteiger partial charge in [0.1, 0.15) is 0 Å². The van der Waals surface area contributed by atoms with Gasteiger partial charge in [-0.25, -0.2) is 0 Å². The van der Waals surface area contributed by atoms with Crippen LogP contribution in [-0.2, 0) is 0 Å². The van der Waals surface area contributed by atoms with E-state index in [4.69, 9.17) is 0 Å². The molecule has 19 heavy (non-hydrogen) atoms. The number of benzene rings is 1. The highest BCUT2D eigenvalue weighted by molar-refractivity contribution is 5.21. The Bertz CT molecular complexity index is 374. The van der Waals surface area contributed by atoms with E-state index in [0.717, 1.165) is 25.7 Å². The van der Waals surface area contributed by atoms with Crippen molar-refractivity contribution < 1.29 is 5.11 Å². The Balaban J connectivity index is 2.07. The first-order valence-electron chi connectivity index (χ1n) is 7.46. The highest BCUT2D eigenvalue weighted by atomic mass is 16.3. The van der Waals surface area contributed by atoms with Gasteiger partial charge in [-0.15, -0.1) is 0 Å². The zero-order valence-corrected chi connectivity index (χ0v) is 12.4. The van der Waals surface area contributed by atoms with Gasteiger partial charge in [-0.1, -0.05) is 51.1 Å². The van der Waals surface area contributed by atoms with Crippen molar-refractivity contribution in [2.75, 3.05) is 0 Å². The minimum absolute atomic E-state index is 0.0807. The summed E-state index contributed by atoms with van der Waals surface area (Å²) in [5, 5.41) is 13.4. The number of aliphatic hydroxyl groups excluding tert-OH is 1. The van der Waals surface area contributed by atoms with Crippen LogP contribution in [-0.4, -0.2) is 17.3 Å². The Morgan fingerprint density at radius 2 is 1.63 bits per heavy atom. The monoisotopic (exact) mass is 261 g/mol. The molecule has 1 aliphatic rings. The predicted molar refractivity (Wildman–Crippen MR) is 80.0 cm³/mol. The maximum atomic E-state index is 9.61. The molecule has 0 aliphatic heterocycles. The second-order valence-corrected chi connectivity index (χ2v) is 6.88. The zero-order chi connectivity index (χ0) is 13.9. The van der Waals surface area contributed by atoms with Crippen molar-refractivity contribution in [3.8, 4) is 0 Å². The van der Waals surface area contributed by atoms with E-state index in [0.29, 0.717) is 12.1 Å². The van der Waals surface area contributed by atoms with Gasteiger partial charge in [-0.05, 0) is 36.7 Å². The molecule has 1 unspecified atom stereocenters. The van der Waals surface area contributed by atoms with Crippen LogP contribution in [0.4, 0.5) is 0 Å². The molecule has 2 heteroatoms. The van der Waals surface area contributed by atoms with E-state index < -0.39 is 0 Å². The quantitative estimate of drug-likeness (QED) is 0.870. The molecule has 0 heterocycles. The summed E-state index contributed by atoms with van der Waals surface area (Å²) >= 11 is 0. The maximum absolute atomic E-state index is 9.61. The van der Waals surface area contributed by atoms with Crippen LogP contribution in [0, 0.1) is 5.41 Å². The molecule has 2 N–H and O–H groups in total. The third kappa shape index (κ3) is 4.05. The van der Waals surface area contributed by atoms with Gasteiger partial charge in [-0.3, -0.25) is 0 Å². The normalized spacial score (nSPS) is 26.1.